The summed E-state index contributed by atoms with van der Waals surface area (Å²) in [5.74, 6) is 1.16. The Morgan fingerprint density at radius 2 is 1.83 bits per heavy atom. The Bertz CT molecular complexity index is 475. The summed E-state index contributed by atoms with van der Waals surface area (Å²) < 4.78 is 23.1. The van der Waals surface area contributed by atoms with Gasteiger partial charge in [0.2, 0.25) is 0 Å². The van der Waals surface area contributed by atoms with Crippen LogP contribution in [-0.4, -0.2) is 14.7 Å². The first-order valence-corrected chi connectivity index (χ1v) is 8.53. The van der Waals surface area contributed by atoms with Crippen molar-refractivity contribution in [1.82, 2.24) is 0 Å². The SMILES string of the molecule is CCC(CCC(C)C)c1cccc(S(C)(=O)=O)c1. The Morgan fingerprint density at radius 1 is 1.17 bits per heavy atom. The fraction of sp³-hybridized carbons (Fsp3) is 0.600. The van der Waals surface area contributed by atoms with Gasteiger partial charge in [0.25, 0.3) is 0 Å². The maximum absolute atomic E-state index is 11.6. The number of sulfone groups is 1. The van der Waals surface area contributed by atoms with E-state index in [0.29, 0.717) is 16.7 Å². The molecular formula is C15H24O2S. The van der Waals surface area contributed by atoms with Crippen LogP contribution in [0, 0.1) is 5.92 Å². The molecule has 0 aliphatic rings. The minimum atomic E-state index is -3.10. The smallest absolute Gasteiger partial charge is 0.175 e. The van der Waals surface area contributed by atoms with Crippen LogP contribution in [0.3, 0.4) is 0 Å². The molecule has 0 N–H and O–H groups in total. The molecule has 1 aromatic rings. The zero-order valence-corrected chi connectivity index (χ0v) is 12.6. The fourth-order valence-corrected chi connectivity index (χ4v) is 2.82. The standard InChI is InChI=1S/C15H24O2S/c1-5-13(10-9-12(2)3)14-7-6-8-15(11-14)18(4,16)17/h6-8,11-13H,5,9-10H2,1-4H3. The fourth-order valence-electron chi connectivity index (χ4n) is 2.14. The zero-order valence-electron chi connectivity index (χ0n) is 11.8. The Hall–Kier alpha value is -0.830. The van der Waals surface area contributed by atoms with Crippen LogP contribution < -0.4 is 0 Å². The van der Waals surface area contributed by atoms with E-state index in [9.17, 15) is 8.42 Å². The predicted octanol–water partition coefficient (Wildman–Crippen LogP) is 4.02. The molecule has 0 aliphatic carbocycles. The Balaban J connectivity index is 2.93. The molecule has 1 aromatic carbocycles. The van der Waals surface area contributed by atoms with Crippen molar-refractivity contribution in [2.45, 2.75) is 50.8 Å². The van der Waals surface area contributed by atoms with E-state index in [0.717, 1.165) is 18.4 Å². The van der Waals surface area contributed by atoms with Crippen molar-refractivity contribution >= 4 is 9.84 Å². The first-order valence-electron chi connectivity index (χ1n) is 6.64. The van der Waals surface area contributed by atoms with Gasteiger partial charge < -0.3 is 0 Å². The van der Waals surface area contributed by atoms with Gasteiger partial charge in [0.05, 0.1) is 4.90 Å². The average molecular weight is 268 g/mol. The van der Waals surface area contributed by atoms with Crippen molar-refractivity contribution < 1.29 is 8.42 Å². The summed E-state index contributed by atoms with van der Waals surface area (Å²) >= 11 is 0. The van der Waals surface area contributed by atoms with Gasteiger partial charge >= 0.3 is 0 Å². The minimum Gasteiger partial charge on any atom is -0.224 e. The summed E-state index contributed by atoms with van der Waals surface area (Å²) in [7, 11) is -3.10. The predicted molar refractivity (Wildman–Crippen MR) is 76.7 cm³/mol. The van der Waals surface area contributed by atoms with Crippen LogP contribution in [-0.2, 0) is 9.84 Å². The molecule has 0 saturated carbocycles. The third-order valence-electron chi connectivity index (χ3n) is 3.34. The van der Waals surface area contributed by atoms with Gasteiger partial charge in [-0.2, -0.15) is 0 Å². The van der Waals surface area contributed by atoms with Gasteiger partial charge in [-0.15, -0.1) is 0 Å². The third kappa shape index (κ3) is 4.45. The van der Waals surface area contributed by atoms with Crippen molar-refractivity contribution in [1.29, 1.82) is 0 Å². The highest BCUT2D eigenvalue weighted by Gasteiger charge is 2.13. The lowest BCUT2D eigenvalue weighted by atomic mass is 9.89. The molecule has 0 fully saturated rings. The molecular weight excluding hydrogens is 244 g/mol. The third-order valence-corrected chi connectivity index (χ3v) is 4.45. The highest BCUT2D eigenvalue weighted by molar-refractivity contribution is 7.90. The minimum absolute atomic E-state index is 0.433. The molecule has 0 aliphatic heterocycles. The first-order chi connectivity index (χ1) is 8.34. The molecule has 0 amide bonds. The molecule has 1 atom stereocenters. The molecule has 1 unspecified atom stereocenters. The molecule has 0 bridgehead atoms. The van der Waals surface area contributed by atoms with Crippen LogP contribution in [0.15, 0.2) is 29.2 Å². The first kappa shape index (κ1) is 15.2. The Morgan fingerprint density at radius 3 is 2.33 bits per heavy atom. The maximum atomic E-state index is 11.6. The summed E-state index contributed by atoms with van der Waals surface area (Å²) in [4.78, 5) is 0.433. The summed E-state index contributed by atoms with van der Waals surface area (Å²) in [6, 6.07) is 7.41. The summed E-state index contributed by atoms with van der Waals surface area (Å²) in [6.45, 7) is 6.61. The molecule has 0 radical (unpaired) electrons. The number of hydrogen-bond acceptors (Lipinski definition) is 2. The number of benzene rings is 1. The lowest BCUT2D eigenvalue weighted by molar-refractivity contribution is 0.491. The van der Waals surface area contributed by atoms with Crippen LogP contribution in [0.25, 0.3) is 0 Å². The van der Waals surface area contributed by atoms with Gasteiger partial charge in [0.1, 0.15) is 0 Å². The Kier molecular flexibility index (Phi) is 5.39. The molecule has 3 heteroatoms. The second-order valence-corrected chi connectivity index (χ2v) is 7.44. The molecule has 0 spiro atoms. The van der Waals surface area contributed by atoms with E-state index in [1.807, 2.05) is 18.2 Å². The quantitative estimate of drug-likeness (QED) is 0.781. The van der Waals surface area contributed by atoms with Crippen LogP contribution >= 0.6 is 0 Å². The van der Waals surface area contributed by atoms with Gasteiger partial charge in [-0.3, -0.25) is 0 Å². The van der Waals surface area contributed by atoms with Crippen molar-refractivity contribution in [2.75, 3.05) is 6.26 Å². The summed E-state index contributed by atoms with van der Waals surface area (Å²) in [6.07, 6.45) is 4.63. The van der Waals surface area contributed by atoms with E-state index in [1.165, 1.54) is 12.7 Å². The monoisotopic (exact) mass is 268 g/mol. The van der Waals surface area contributed by atoms with Crippen LogP contribution in [0.1, 0.15) is 51.5 Å². The van der Waals surface area contributed by atoms with E-state index in [4.69, 9.17) is 0 Å². The van der Waals surface area contributed by atoms with Crippen LogP contribution in [0.5, 0.6) is 0 Å². The van der Waals surface area contributed by atoms with Gasteiger partial charge in [0.15, 0.2) is 9.84 Å². The molecule has 0 aromatic heterocycles. The highest BCUT2D eigenvalue weighted by Crippen LogP contribution is 2.28. The van der Waals surface area contributed by atoms with E-state index >= 15 is 0 Å². The number of rotatable bonds is 6. The van der Waals surface area contributed by atoms with Crippen molar-refractivity contribution in [2.24, 2.45) is 5.92 Å². The van der Waals surface area contributed by atoms with Gasteiger partial charge in [-0.05, 0) is 42.4 Å². The van der Waals surface area contributed by atoms with Crippen molar-refractivity contribution in [3.05, 3.63) is 29.8 Å². The van der Waals surface area contributed by atoms with E-state index in [2.05, 4.69) is 20.8 Å². The highest BCUT2D eigenvalue weighted by atomic mass is 32.2. The molecule has 18 heavy (non-hydrogen) atoms. The van der Waals surface area contributed by atoms with Gasteiger partial charge in [0, 0.05) is 6.26 Å². The number of hydrogen-bond donors (Lipinski definition) is 0. The average Bonchev–Trinajstić information content (AvgIpc) is 2.29. The molecule has 0 heterocycles. The van der Waals surface area contributed by atoms with E-state index in [-0.39, 0.29) is 0 Å². The molecule has 1 rings (SSSR count). The van der Waals surface area contributed by atoms with Gasteiger partial charge in [-0.25, -0.2) is 8.42 Å². The van der Waals surface area contributed by atoms with E-state index in [1.54, 1.807) is 6.07 Å². The second-order valence-electron chi connectivity index (χ2n) is 5.42. The lowest BCUT2D eigenvalue weighted by Gasteiger charge is -2.17. The second kappa shape index (κ2) is 6.37. The zero-order chi connectivity index (χ0) is 13.8. The van der Waals surface area contributed by atoms with Crippen molar-refractivity contribution in [3.63, 3.8) is 0 Å². The molecule has 0 saturated heterocycles. The lowest BCUT2D eigenvalue weighted by Crippen LogP contribution is -2.03. The van der Waals surface area contributed by atoms with E-state index < -0.39 is 9.84 Å². The van der Waals surface area contributed by atoms with Crippen LogP contribution in [0.4, 0.5) is 0 Å². The summed E-state index contributed by atoms with van der Waals surface area (Å²) in [5, 5.41) is 0. The van der Waals surface area contributed by atoms with Crippen molar-refractivity contribution in [3.8, 4) is 0 Å². The molecule has 2 nitrogen and oxygen atoms in total. The topological polar surface area (TPSA) is 34.1 Å². The Labute approximate surface area is 111 Å². The molecule has 102 valence electrons. The maximum Gasteiger partial charge on any atom is 0.175 e. The normalized spacial score (nSPS) is 13.8. The summed E-state index contributed by atoms with van der Waals surface area (Å²) in [5.41, 5.74) is 1.15. The van der Waals surface area contributed by atoms with Gasteiger partial charge in [-0.1, -0.05) is 39.3 Å². The largest absolute Gasteiger partial charge is 0.224 e. The van der Waals surface area contributed by atoms with Crippen LogP contribution in [0.2, 0.25) is 0 Å².